The molecule has 2 bridgehead atoms. The van der Waals surface area contributed by atoms with Crippen LogP contribution < -0.4 is 4.90 Å². The number of carbonyl (C=O) groups excluding carboxylic acids is 1. The van der Waals surface area contributed by atoms with Gasteiger partial charge in [-0.2, -0.15) is 0 Å². The Morgan fingerprint density at radius 2 is 2.09 bits per heavy atom. The zero-order chi connectivity index (χ0) is 15.8. The van der Waals surface area contributed by atoms with Crippen LogP contribution in [0.1, 0.15) is 37.8 Å². The predicted molar refractivity (Wildman–Crippen MR) is 94.0 cm³/mol. The molecular weight excluding hydrogens is 304 g/mol. The number of hydrogen-bond donors (Lipinski definition) is 0. The molecular formula is C19H22N2OS. The fourth-order valence-corrected chi connectivity index (χ4v) is 5.16. The fourth-order valence-electron chi connectivity index (χ4n) is 4.32. The molecule has 0 spiro atoms. The Balaban J connectivity index is 1.58. The van der Waals surface area contributed by atoms with Crippen molar-refractivity contribution in [1.82, 2.24) is 4.98 Å². The molecule has 4 rings (SSSR count). The molecule has 1 aromatic carbocycles. The van der Waals surface area contributed by atoms with Crippen molar-refractivity contribution in [3.8, 4) is 0 Å². The Kier molecular flexibility index (Phi) is 3.93. The molecule has 3 nitrogen and oxygen atoms in total. The molecule has 0 N–H and O–H groups in total. The van der Waals surface area contributed by atoms with E-state index in [1.807, 2.05) is 47.5 Å². The monoisotopic (exact) mass is 326 g/mol. The van der Waals surface area contributed by atoms with Crippen LogP contribution in [-0.4, -0.2) is 10.9 Å². The smallest absolute Gasteiger partial charge is 0.233 e. The molecule has 0 unspecified atom stereocenters. The van der Waals surface area contributed by atoms with E-state index >= 15 is 0 Å². The number of hydrogen-bond acceptors (Lipinski definition) is 3. The van der Waals surface area contributed by atoms with Gasteiger partial charge in [0.25, 0.3) is 0 Å². The molecule has 3 atom stereocenters. The van der Waals surface area contributed by atoms with Gasteiger partial charge < -0.3 is 0 Å². The van der Waals surface area contributed by atoms with Crippen LogP contribution in [0.4, 0.5) is 10.8 Å². The SMILES string of the molecule is Cc1csc(N(C(=O)C[C@H]2C[C@H]3CC[C@H]2C3)c2ccccc2)n1. The molecule has 23 heavy (non-hydrogen) atoms. The maximum Gasteiger partial charge on any atom is 0.233 e. The zero-order valence-electron chi connectivity index (χ0n) is 13.4. The van der Waals surface area contributed by atoms with Gasteiger partial charge in [0.1, 0.15) is 0 Å². The van der Waals surface area contributed by atoms with Crippen LogP contribution in [0.15, 0.2) is 35.7 Å². The lowest BCUT2D eigenvalue weighted by molar-refractivity contribution is -0.119. The summed E-state index contributed by atoms with van der Waals surface area (Å²) in [6.07, 6.45) is 5.96. The highest BCUT2D eigenvalue weighted by molar-refractivity contribution is 7.14. The average molecular weight is 326 g/mol. The van der Waals surface area contributed by atoms with Gasteiger partial charge in [-0.3, -0.25) is 9.69 Å². The van der Waals surface area contributed by atoms with Crippen molar-refractivity contribution in [2.24, 2.45) is 17.8 Å². The summed E-state index contributed by atoms with van der Waals surface area (Å²) in [5, 5.41) is 2.80. The largest absolute Gasteiger partial charge is 0.274 e. The Morgan fingerprint density at radius 3 is 2.70 bits per heavy atom. The number of nitrogens with zero attached hydrogens (tertiary/aromatic N) is 2. The molecule has 2 aliphatic carbocycles. The third kappa shape index (κ3) is 2.92. The first-order chi connectivity index (χ1) is 11.2. The van der Waals surface area contributed by atoms with Crippen molar-refractivity contribution < 1.29 is 4.79 Å². The Labute approximate surface area is 141 Å². The number of amides is 1. The molecule has 2 fully saturated rings. The van der Waals surface area contributed by atoms with Gasteiger partial charge in [0.15, 0.2) is 5.13 Å². The number of fused-ring (bicyclic) bond motifs is 2. The number of carbonyl (C=O) groups is 1. The van der Waals surface area contributed by atoms with E-state index in [2.05, 4.69) is 4.98 Å². The molecule has 0 radical (unpaired) electrons. The van der Waals surface area contributed by atoms with Crippen molar-refractivity contribution in [3.05, 3.63) is 41.4 Å². The van der Waals surface area contributed by atoms with Crippen LogP contribution in [0.3, 0.4) is 0 Å². The number of thiazole rings is 1. The van der Waals surface area contributed by atoms with E-state index < -0.39 is 0 Å². The van der Waals surface area contributed by atoms with Gasteiger partial charge in [0, 0.05) is 11.8 Å². The second-order valence-electron chi connectivity index (χ2n) is 6.98. The van der Waals surface area contributed by atoms with Crippen molar-refractivity contribution >= 4 is 28.1 Å². The van der Waals surface area contributed by atoms with Crippen LogP contribution in [0.2, 0.25) is 0 Å². The summed E-state index contributed by atoms with van der Waals surface area (Å²) < 4.78 is 0. The summed E-state index contributed by atoms with van der Waals surface area (Å²) in [5.41, 5.74) is 1.90. The molecule has 1 heterocycles. The van der Waals surface area contributed by atoms with Crippen molar-refractivity contribution in [2.45, 2.75) is 39.0 Å². The second kappa shape index (κ2) is 6.08. The molecule has 0 saturated heterocycles. The maximum absolute atomic E-state index is 13.1. The molecule has 1 aromatic heterocycles. The third-order valence-corrected chi connectivity index (χ3v) is 6.33. The highest BCUT2D eigenvalue weighted by Crippen LogP contribution is 2.50. The van der Waals surface area contributed by atoms with Crippen LogP contribution >= 0.6 is 11.3 Å². The summed E-state index contributed by atoms with van der Waals surface area (Å²) >= 11 is 1.55. The highest BCUT2D eigenvalue weighted by atomic mass is 32.1. The topological polar surface area (TPSA) is 33.2 Å². The van der Waals surface area contributed by atoms with E-state index in [1.54, 1.807) is 11.3 Å². The number of benzene rings is 1. The van der Waals surface area contributed by atoms with E-state index in [-0.39, 0.29) is 5.91 Å². The summed E-state index contributed by atoms with van der Waals surface area (Å²) in [6.45, 7) is 1.98. The molecule has 2 aliphatic rings. The minimum Gasteiger partial charge on any atom is -0.274 e. The minimum atomic E-state index is 0.197. The van der Waals surface area contributed by atoms with E-state index in [0.717, 1.165) is 28.3 Å². The van der Waals surface area contributed by atoms with Crippen molar-refractivity contribution in [2.75, 3.05) is 4.90 Å². The van der Waals surface area contributed by atoms with E-state index in [9.17, 15) is 4.79 Å². The lowest BCUT2D eigenvalue weighted by Gasteiger charge is -2.25. The quantitative estimate of drug-likeness (QED) is 0.797. The summed E-state index contributed by atoms with van der Waals surface area (Å²) in [6, 6.07) is 9.93. The standard InChI is InChI=1S/C19H22N2OS/c1-13-12-23-19(20-13)21(17-5-3-2-4-6-17)18(22)11-16-10-14-7-8-15(16)9-14/h2-6,12,14-16H,7-11H2,1H3/t14-,15-,16+/m0/s1. The maximum atomic E-state index is 13.1. The molecule has 120 valence electrons. The first-order valence-electron chi connectivity index (χ1n) is 8.51. The average Bonchev–Trinajstić information content (AvgIpc) is 3.26. The number of aryl methyl sites for hydroxylation is 1. The Bertz CT molecular complexity index is 696. The number of aromatic nitrogens is 1. The summed E-state index contributed by atoms with van der Waals surface area (Å²) in [7, 11) is 0. The number of rotatable bonds is 4. The normalized spacial score (nSPS) is 25.7. The third-order valence-electron chi connectivity index (χ3n) is 5.38. The van der Waals surface area contributed by atoms with Crippen molar-refractivity contribution in [3.63, 3.8) is 0 Å². The molecule has 2 saturated carbocycles. The lowest BCUT2D eigenvalue weighted by atomic mass is 9.86. The van der Waals surface area contributed by atoms with Crippen LogP contribution in [0.25, 0.3) is 0 Å². The Hall–Kier alpha value is -1.68. The summed E-state index contributed by atoms with van der Waals surface area (Å²) in [5.74, 6) is 2.43. The first kappa shape index (κ1) is 14.9. The van der Waals surface area contributed by atoms with Crippen molar-refractivity contribution in [1.29, 1.82) is 0 Å². The van der Waals surface area contributed by atoms with Gasteiger partial charge >= 0.3 is 0 Å². The zero-order valence-corrected chi connectivity index (χ0v) is 14.3. The van der Waals surface area contributed by atoms with Gasteiger partial charge in [0.2, 0.25) is 5.91 Å². The first-order valence-corrected chi connectivity index (χ1v) is 9.39. The van der Waals surface area contributed by atoms with E-state index in [1.165, 1.54) is 25.7 Å². The van der Waals surface area contributed by atoms with E-state index in [0.29, 0.717) is 12.3 Å². The fraction of sp³-hybridized carbons (Fsp3) is 0.474. The van der Waals surface area contributed by atoms with Crippen LogP contribution in [0, 0.1) is 24.7 Å². The lowest BCUT2D eigenvalue weighted by Crippen LogP contribution is -2.29. The second-order valence-corrected chi connectivity index (χ2v) is 7.81. The molecule has 4 heteroatoms. The van der Waals surface area contributed by atoms with Crippen LogP contribution in [-0.2, 0) is 4.79 Å². The van der Waals surface area contributed by atoms with Gasteiger partial charge in [-0.1, -0.05) is 24.6 Å². The number of para-hydroxylation sites is 1. The van der Waals surface area contributed by atoms with Crippen LogP contribution in [0.5, 0.6) is 0 Å². The minimum absolute atomic E-state index is 0.197. The highest BCUT2D eigenvalue weighted by Gasteiger charge is 2.41. The van der Waals surface area contributed by atoms with Gasteiger partial charge in [0.05, 0.1) is 11.4 Å². The van der Waals surface area contributed by atoms with Gasteiger partial charge in [-0.15, -0.1) is 11.3 Å². The Morgan fingerprint density at radius 1 is 1.26 bits per heavy atom. The van der Waals surface area contributed by atoms with Gasteiger partial charge in [-0.25, -0.2) is 4.98 Å². The molecule has 2 aromatic rings. The predicted octanol–water partition coefficient (Wildman–Crippen LogP) is 4.94. The molecule has 0 aliphatic heterocycles. The molecule has 1 amide bonds. The number of anilines is 2. The van der Waals surface area contributed by atoms with Gasteiger partial charge in [-0.05, 0) is 56.1 Å². The summed E-state index contributed by atoms with van der Waals surface area (Å²) in [4.78, 5) is 19.5. The van der Waals surface area contributed by atoms with E-state index in [4.69, 9.17) is 0 Å².